The molecular weight excluding hydrogens is 234 g/mol. The molecule has 17 heavy (non-hydrogen) atoms. The predicted molar refractivity (Wildman–Crippen MR) is 69.5 cm³/mol. The fourth-order valence-electron chi connectivity index (χ4n) is 1.76. The maximum atomic E-state index is 5.87. The van der Waals surface area contributed by atoms with E-state index in [1.54, 1.807) is 6.20 Å². The first-order chi connectivity index (χ1) is 8.29. The zero-order chi connectivity index (χ0) is 12.1. The number of aromatic nitrogens is 1. The quantitative estimate of drug-likeness (QED) is 0.496. The van der Waals surface area contributed by atoms with Gasteiger partial charge in [-0.1, -0.05) is 41.9 Å². The number of hydrogen-bond acceptors (Lipinski definition) is 3. The third-order valence-corrected chi connectivity index (χ3v) is 2.84. The van der Waals surface area contributed by atoms with Gasteiger partial charge < -0.3 is 0 Å². The molecule has 4 heteroatoms. The van der Waals surface area contributed by atoms with Gasteiger partial charge in [0, 0.05) is 6.20 Å². The van der Waals surface area contributed by atoms with E-state index in [2.05, 4.69) is 22.5 Å². The van der Waals surface area contributed by atoms with Crippen LogP contribution in [0.2, 0.25) is 5.15 Å². The van der Waals surface area contributed by atoms with Crippen molar-refractivity contribution in [2.75, 3.05) is 0 Å². The molecule has 0 fully saturated rings. The van der Waals surface area contributed by atoms with E-state index in [1.807, 2.05) is 30.3 Å². The molecule has 0 spiro atoms. The van der Waals surface area contributed by atoms with Gasteiger partial charge >= 0.3 is 0 Å². The summed E-state index contributed by atoms with van der Waals surface area (Å²) in [6.07, 6.45) is 2.50. The van der Waals surface area contributed by atoms with E-state index in [-0.39, 0.29) is 6.04 Å². The molecule has 1 aromatic heterocycles. The molecule has 0 bridgehead atoms. The van der Waals surface area contributed by atoms with Crippen molar-refractivity contribution in [1.82, 2.24) is 10.4 Å². The highest BCUT2D eigenvalue weighted by Crippen LogP contribution is 2.19. The van der Waals surface area contributed by atoms with Gasteiger partial charge in [-0.25, -0.2) is 4.98 Å². The Bertz CT molecular complexity index is 473. The van der Waals surface area contributed by atoms with Crippen LogP contribution in [-0.2, 0) is 6.42 Å². The van der Waals surface area contributed by atoms with Gasteiger partial charge in [-0.2, -0.15) is 0 Å². The zero-order valence-electron chi connectivity index (χ0n) is 9.31. The first kappa shape index (κ1) is 12.0. The first-order valence-corrected chi connectivity index (χ1v) is 5.79. The maximum absolute atomic E-state index is 5.87. The van der Waals surface area contributed by atoms with Crippen LogP contribution in [0.3, 0.4) is 0 Å². The number of nitrogens with two attached hydrogens (primary N) is 1. The topological polar surface area (TPSA) is 50.9 Å². The lowest BCUT2D eigenvalue weighted by molar-refractivity contribution is 0.551. The van der Waals surface area contributed by atoms with Crippen molar-refractivity contribution < 1.29 is 0 Å². The third kappa shape index (κ3) is 3.27. The Morgan fingerprint density at radius 1 is 1.24 bits per heavy atom. The Labute approximate surface area is 106 Å². The minimum absolute atomic E-state index is 0.0397. The van der Waals surface area contributed by atoms with Crippen LogP contribution in [0.25, 0.3) is 0 Å². The normalized spacial score (nSPS) is 12.4. The Morgan fingerprint density at radius 3 is 2.65 bits per heavy atom. The van der Waals surface area contributed by atoms with E-state index < -0.39 is 0 Å². The summed E-state index contributed by atoms with van der Waals surface area (Å²) in [5, 5.41) is 0.482. The molecule has 2 rings (SSSR count). The van der Waals surface area contributed by atoms with Gasteiger partial charge in [0.2, 0.25) is 0 Å². The van der Waals surface area contributed by atoms with E-state index in [1.165, 1.54) is 5.56 Å². The molecule has 0 saturated heterocycles. The Balaban J connectivity index is 2.17. The summed E-state index contributed by atoms with van der Waals surface area (Å²) in [7, 11) is 0. The average Bonchev–Trinajstić information content (AvgIpc) is 2.37. The van der Waals surface area contributed by atoms with Gasteiger partial charge in [-0.3, -0.25) is 11.3 Å². The summed E-state index contributed by atoms with van der Waals surface area (Å²) in [6, 6.07) is 14.0. The molecule has 0 saturated carbocycles. The minimum Gasteiger partial charge on any atom is -0.271 e. The molecule has 3 N–H and O–H groups in total. The van der Waals surface area contributed by atoms with E-state index in [0.717, 1.165) is 12.0 Å². The monoisotopic (exact) mass is 247 g/mol. The van der Waals surface area contributed by atoms with Crippen molar-refractivity contribution in [1.29, 1.82) is 0 Å². The number of benzene rings is 1. The van der Waals surface area contributed by atoms with E-state index in [4.69, 9.17) is 17.4 Å². The number of nitrogens with one attached hydrogen (secondary N) is 1. The van der Waals surface area contributed by atoms with Crippen molar-refractivity contribution >= 4 is 11.6 Å². The molecule has 0 aliphatic carbocycles. The van der Waals surface area contributed by atoms with Crippen molar-refractivity contribution in [3.05, 3.63) is 64.9 Å². The average molecular weight is 248 g/mol. The summed E-state index contributed by atoms with van der Waals surface area (Å²) in [4.78, 5) is 3.96. The molecule has 1 unspecified atom stereocenters. The van der Waals surface area contributed by atoms with Crippen molar-refractivity contribution in [3.8, 4) is 0 Å². The largest absolute Gasteiger partial charge is 0.271 e. The van der Waals surface area contributed by atoms with Crippen LogP contribution in [0.4, 0.5) is 0 Å². The first-order valence-electron chi connectivity index (χ1n) is 5.41. The molecule has 0 radical (unpaired) electrons. The fraction of sp³-hybridized carbons (Fsp3) is 0.154. The Morgan fingerprint density at radius 2 is 2.00 bits per heavy atom. The number of rotatable bonds is 4. The molecule has 3 nitrogen and oxygen atoms in total. The van der Waals surface area contributed by atoms with Crippen LogP contribution in [0.1, 0.15) is 17.2 Å². The van der Waals surface area contributed by atoms with Gasteiger partial charge in [0.25, 0.3) is 0 Å². The molecule has 1 atom stereocenters. The van der Waals surface area contributed by atoms with Gasteiger partial charge in [0.1, 0.15) is 5.15 Å². The summed E-state index contributed by atoms with van der Waals surface area (Å²) in [5.41, 5.74) is 5.07. The molecule has 0 aliphatic heterocycles. The van der Waals surface area contributed by atoms with Crippen LogP contribution in [-0.4, -0.2) is 4.98 Å². The van der Waals surface area contributed by atoms with Crippen LogP contribution < -0.4 is 11.3 Å². The van der Waals surface area contributed by atoms with Crippen LogP contribution in [0.15, 0.2) is 48.7 Å². The van der Waals surface area contributed by atoms with E-state index >= 15 is 0 Å². The van der Waals surface area contributed by atoms with Crippen molar-refractivity contribution in [2.24, 2.45) is 5.84 Å². The third-order valence-electron chi connectivity index (χ3n) is 2.64. The molecule has 2 aromatic rings. The standard InChI is InChI=1S/C13H14ClN3/c14-13-9-11(6-7-16-13)12(17-15)8-10-4-2-1-3-5-10/h1-7,9,12,17H,8,15H2. The molecule has 0 aliphatic rings. The lowest BCUT2D eigenvalue weighted by atomic mass is 10.0. The molecule has 1 heterocycles. The van der Waals surface area contributed by atoms with Crippen LogP contribution in [0, 0.1) is 0 Å². The van der Waals surface area contributed by atoms with Gasteiger partial charge in [0.05, 0.1) is 6.04 Å². The van der Waals surface area contributed by atoms with Crippen LogP contribution in [0.5, 0.6) is 0 Å². The summed E-state index contributed by atoms with van der Waals surface area (Å²) in [5.74, 6) is 5.59. The molecule has 0 amide bonds. The number of hydrazine groups is 1. The molecular formula is C13H14ClN3. The van der Waals surface area contributed by atoms with Gasteiger partial charge in [-0.15, -0.1) is 0 Å². The Hall–Kier alpha value is -1.42. The predicted octanol–water partition coefficient (Wildman–Crippen LogP) is 2.48. The SMILES string of the molecule is NNC(Cc1ccccc1)c1ccnc(Cl)c1. The maximum Gasteiger partial charge on any atom is 0.129 e. The number of pyridine rings is 1. The van der Waals surface area contributed by atoms with E-state index in [9.17, 15) is 0 Å². The zero-order valence-corrected chi connectivity index (χ0v) is 10.1. The fourth-order valence-corrected chi connectivity index (χ4v) is 1.94. The van der Waals surface area contributed by atoms with Crippen molar-refractivity contribution in [3.63, 3.8) is 0 Å². The highest BCUT2D eigenvalue weighted by Gasteiger charge is 2.10. The molecule has 88 valence electrons. The van der Waals surface area contributed by atoms with Crippen LogP contribution >= 0.6 is 11.6 Å². The summed E-state index contributed by atoms with van der Waals surface area (Å²) >= 11 is 5.87. The Kier molecular flexibility index (Phi) is 4.09. The lowest BCUT2D eigenvalue weighted by Gasteiger charge is -2.16. The number of nitrogens with zero attached hydrogens (tertiary/aromatic N) is 1. The number of hydrogen-bond donors (Lipinski definition) is 2. The second kappa shape index (κ2) is 5.77. The second-order valence-electron chi connectivity index (χ2n) is 3.82. The van der Waals surface area contributed by atoms with Gasteiger partial charge in [0.15, 0.2) is 0 Å². The van der Waals surface area contributed by atoms with E-state index in [0.29, 0.717) is 5.15 Å². The highest BCUT2D eigenvalue weighted by molar-refractivity contribution is 6.29. The molecule has 1 aromatic carbocycles. The summed E-state index contributed by atoms with van der Waals surface area (Å²) < 4.78 is 0. The number of halogens is 1. The van der Waals surface area contributed by atoms with Crippen molar-refractivity contribution in [2.45, 2.75) is 12.5 Å². The van der Waals surface area contributed by atoms with Gasteiger partial charge in [-0.05, 0) is 29.7 Å². The minimum atomic E-state index is 0.0397. The highest BCUT2D eigenvalue weighted by atomic mass is 35.5. The summed E-state index contributed by atoms with van der Waals surface area (Å²) in [6.45, 7) is 0. The lowest BCUT2D eigenvalue weighted by Crippen LogP contribution is -2.29. The second-order valence-corrected chi connectivity index (χ2v) is 4.21. The smallest absolute Gasteiger partial charge is 0.129 e.